The minimum absolute atomic E-state index is 0.503. The molecule has 0 atom stereocenters. The Morgan fingerprint density at radius 1 is 0.556 bits per heavy atom. The van der Waals surface area contributed by atoms with E-state index in [-0.39, 0.29) is 0 Å². The van der Waals surface area contributed by atoms with Crippen molar-refractivity contribution < 1.29 is 28.3 Å². The van der Waals surface area contributed by atoms with Crippen LogP contribution in [-0.4, -0.2) is 49.3 Å². The predicted octanol–water partition coefficient (Wildman–Crippen LogP) is 3.07. The normalized spacial score (nSPS) is 10.4. The first-order valence-electron chi connectivity index (χ1n) is 8.67. The minimum Gasteiger partial charge on any atom is -0.497 e. The van der Waals surface area contributed by atoms with Crippen LogP contribution in [0.15, 0.2) is 36.4 Å². The molecular formula is C20H26BO6. The average molecular weight is 373 g/mol. The van der Waals surface area contributed by atoms with Crippen molar-refractivity contribution >= 4 is 7.69 Å². The summed E-state index contributed by atoms with van der Waals surface area (Å²) in [6.07, 6.45) is 1.45. The summed E-state index contributed by atoms with van der Waals surface area (Å²) < 4.78 is 31.9. The monoisotopic (exact) mass is 373 g/mol. The summed E-state index contributed by atoms with van der Waals surface area (Å²) in [7, 11) is 7.92. The molecule has 1 radical (unpaired) electrons. The molecule has 6 nitrogen and oxygen atoms in total. The molecule has 0 aliphatic heterocycles. The van der Waals surface area contributed by atoms with Gasteiger partial charge in [0, 0.05) is 25.3 Å². The largest absolute Gasteiger partial charge is 0.497 e. The zero-order chi connectivity index (χ0) is 19.5. The molecule has 2 aromatic rings. The third-order valence-electron chi connectivity index (χ3n) is 3.98. The first kappa shape index (κ1) is 20.9. The van der Waals surface area contributed by atoms with Gasteiger partial charge in [-0.15, -0.1) is 0 Å². The number of methoxy groups -OCH3 is 4. The molecule has 0 aliphatic rings. The maximum absolute atomic E-state index is 5.43. The van der Waals surface area contributed by atoms with Gasteiger partial charge in [-0.25, -0.2) is 0 Å². The maximum Gasteiger partial charge on any atom is 0.488 e. The van der Waals surface area contributed by atoms with Crippen molar-refractivity contribution in [3.63, 3.8) is 0 Å². The van der Waals surface area contributed by atoms with E-state index >= 15 is 0 Å². The van der Waals surface area contributed by atoms with Crippen LogP contribution >= 0.6 is 0 Å². The third-order valence-corrected chi connectivity index (χ3v) is 3.98. The number of benzene rings is 2. The molecule has 0 aliphatic carbocycles. The second-order valence-electron chi connectivity index (χ2n) is 5.78. The lowest BCUT2D eigenvalue weighted by molar-refractivity contribution is 0.225. The molecule has 0 fully saturated rings. The van der Waals surface area contributed by atoms with E-state index in [1.165, 1.54) is 7.69 Å². The fourth-order valence-electron chi connectivity index (χ4n) is 2.52. The van der Waals surface area contributed by atoms with Gasteiger partial charge in [-0.05, 0) is 48.2 Å². The Labute approximate surface area is 161 Å². The topological polar surface area (TPSA) is 55.4 Å². The van der Waals surface area contributed by atoms with Crippen LogP contribution in [0.5, 0.6) is 23.0 Å². The van der Waals surface area contributed by atoms with E-state index in [1.807, 2.05) is 36.4 Å². The molecule has 2 aromatic carbocycles. The molecule has 0 heterocycles. The van der Waals surface area contributed by atoms with Gasteiger partial charge in [0.2, 0.25) is 0 Å². The van der Waals surface area contributed by atoms with Gasteiger partial charge in [-0.1, -0.05) is 0 Å². The quantitative estimate of drug-likeness (QED) is 0.421. The van der Waals surface area contributed by atoms with E-state index in [0.29, 0.717) is 13.2 Å². The Morgan fingerprint density at radius 3 is 1.19 bits per heavy atom. The summed E-state index contributed by atoms with van der Waals surface area (Å²) in [5.74, 6) is 3.05. The van der Waals surface area contributed by atoms with Crippen LogP contribution in [-0.2, 0) is 22.2 Å². The lowest BCUT2D eigenvalue weighted by Gasteiger charge is -2.09. The van der Waals surface area contributed by atoms with Crippen molar-refractivity contribution in [3.8, 4) is 23.0 Å². The fourth-order valence-corrected chi connectivity index (χ4v) is 2.52. The highest BCUT2D eigenvalue weighted by atomic mass is 16.6. The van der Waals surface area contributed by atoms with Crippen molar-refractivity contribution in [1.82, 2.24) is 0 Å². The van der Waals surface area contributed by atoms with Crippen LogP contribution in [0.3, 0.4) is 0 Å². The van der Waals surface area contributed by atoms with E-state index in [9.17, 15) is 0 Å². The summed E-state index contributed by atoms with van der Waals surface area (Å²) in [5.41, 5.74) is 2.14. The molecule has 0 saturated carbocycles. The number of hydrogen-bond acceptors (Lipinski definition) is 6. The fraction of sp³-hybridized carbons (Fsp3) is 0.400. The summed E-state index contributed by atoms with van der Waals surface area (Å²) in [6, 6.07) is 11.5. The highest BCUT2D eigenvalue weighted by Crippen LogP contribution is 2.23. The number of hydrogen-bond donors (Lipinski definition) is 0. The zero-order valence-corrected chi connectivity index (χ0v) is 16.3. The van der Waals surface area contributed by atoms with Crippen LogP contribution in [0.4, 0.5) is 0 Å². The van der Waals surface area contributed by atoms with Crippen LogP contribution in [0.25, 0.3) is 0 Å². The van der Waals surface area contributed by atoms with Gasteiger partial charge < -0.3 is 28.3 Å². The van der Waals surface area contributed by atoms with Gasteiger partial charge in [0.25, 0.3) is 0 Å². The molecule has 27 heavy (non-hydrogen) atoms. The predicted molar refractivity (Wildman–Crippen MR) is 104 cm³/mol. The molecule has 0 amide bonds. The Kier molecular flexibility index (Phi) is 8.81. The van der Waals surface area contributed by atoms with Crippen molar-refractivity contribution in [2.45, 2.75) is 12.8 Å². The van der Waals surface area contributed by atoms with Gasteiger partial charge in [0.15, 0.2) is 0 Å². The average Bonchev–Trinajstić information content (AvgIpc) is 2.72. The van der Waals surface area contributed by atoms with E-state index in [2.05, 4.69) is 0 Å². The minimum atomic E-state index is 0.503. The lowest BCUT2D eigenvalue weighted by Crippen LogP contribution is -2.10. The smallest absolute Gasteiger partial charge is 0.488 e. The zero-order valence-electron chi connectivity index (χ0n) is 16.3. The molecule has 0 bridgehead atoms. The van der Waals surface area contributed by atoms with Gasteiger partial charge in [0.05, 0.1) is 28.4 Å². The molecular weight excluding hydrogens is 347 g/mol. The van der Waals surface area contributed by atoms with Crippen molar-refractivity contribution in [2.75, 3.05) is 41.7 Å². The SMILES string of the molecule is COc1cc(CCO[B]OCCc2cc(OC)cc(OC)c2)cc(OC)c1. The third kappa shape index (κ3) is 7.04. The molecule has 0 aromatic heterocycles. The van der Waals surface area contributed by atoms with Crippen molar-refractivity contribution in [2.24, 2.45) is 0 Å². The Bertz CT molecular complexity index is 603. The Hall–Kier alpha value is -2.38. The van der Waals surface area contributed by atoms with E-state index in [1.54, 1.807) is 28.4 Å². The highest BCUT2D eigenvalue weighted by Gasteiger charge is 2.04. The molecule has 7 heteroatoms. The standard InChI is InChI=1S/C20H26BO6/c1-22-17-9-15(10-18(13-17)23-2)5-7-26-21-27-8-6-16-11-19(24-3)14-20(12-16)25-4/h9-14H,5-8H2,1-4H3. The second kappa shape index (κ2) is 11.4. The summed E-state index contributed by atoms with van der Waals surface area (Å²) in [4.78, 5) is 0. The van der Waals surface area contributed by atoms with Crippen LogP contribution in [0.1, 0.15) is 11.1 Å². The van der Waals surface area contributed by atoms with Crippen LogP contribution < -0.4 is 18.9 Å². The van der Waals surface area contributed by atoms with E-state index < -0.39 is 0 Å². The van der Waals surface area contributed by atoms with Gasteiger partial charge in [-0.2, -0.15) is 0 Å². The van der Waals surface area contributed by atoms with Crippen molar-refractivity contribution in [3.05, 3.63) is 47.5 Å². The molecule has 145 valence electrons. The van der Waals surface area contributed by atoms with E-state index in [4.69, 9.17) is 28.3 Å². The summed E-state index contributed by atoms with van der Waals surface area (Å²) in [5, 5.41) is 0. The lowest BCUT2D eigenvalue weighted by atomic mass is 10.1. The maximum atomic E-state index is 5.43. The second-order valence-corrected chi connectivity index (χ2v) is 5.78. The van der Waals surface area contributed by atoms with Gasteiger partial charge in [0.1, 0.15) is 23.0 Å². The van der Waals surface area contributed by atoms with Crippen molar-refractivity contribution in [1.29, 1.82) is 0 Å². The molecule has 0 saturated heterocycles. The summed E-state index contributed by atoms with van der Waals surface area (Å²) in [6.45, 7) is 1.01. The first-order valence-corrected chi connectivity index (χ1v) is 8.67. The first-order chi connectivity index (χ1) is 13.2. The van der Waals surface area contributed by atoms with E-state index in [0.717, 1.165) is 47.0 Å². The number of rotatable bonds is 12. The highest BCUT2D eigenvalue weighted by molar-refractivity contribution is 6.17. The molecule has 0 N–H and O–H groups in total. The molecule has 0 unspecified atom stereocenters. The van der Waals surface area contributed by atoms with Gasteiger partial charge in [-0.3, -0.25) is 0 Å². The number of ether oxygens (including phenoxy) is 4. The van der Waals surface area contributed by atoms with Gasteiger partial charge >= 0.3 is 7.69 Å². The Morgan fingerprint density at radius 2 is 0.889 bits per heavy atom. The van der Waals surface area contributed by atoms with Crippen LogP contribution in [0.2, 0.25) is 0 Å². The molecule has 0 spiro atoms. The van der Waals surface area contributed by atoms with Crippen LogP contribution in [0, 0.1) is 0 Å². The molecule has 2 rings (SSSR count). The Balaban J connectivity index is 1.68. The summed E-state index contributed by atoms with van der Waals surface area (Å²) >= 11 is 0.